The quantitative estimate of drug-likeness (QED) is 0.602. The lowest BCUT2D eigenvalue weighted by Crippen LogP contribution is -2.32. The van der Waals surface area contributed by atoms with Crippen LogP contribution < -0.4 is 5.32 Å². The van der Waals surface area contributed by atoms with E-state index < -0.39 is 0 Å². The van der Waals surface area contributed by atoms with Crippen molar-refractivity contribution < 1.29 is 14.2 Å². The van der Waals surface area contributed by atoms with Gasteiger partial charge in [0.05, 0.1) is 19.8 Å². The molecule has 1 aliphatic heterocycles. The first kappa shape index (κ1) is 13.9. The molecule has 0 aromatic heterocycles. The zero-order chi connectivity index (χ0) is 11.5. The van der Waals surface area contributed by atoms with Crippen LogP contribution in [0.1, 0.15) is 19.3 Å². The second kappa shape index (κ2) is 10.0. The van der Waals surface area contributed by atoms with E-state index in [0.29, 0.717) is 19.1 Å². The minimum Gasteiger partial charge on any atom is -0.385 e. The highest BCUT2D eigenvalue weighted by Gasteiger charge is 2.12. The normalized spacial score (nSPS) is 21.2. The Morgan fingerprint density at radius 1 is 1.12 bits per heavy atom. The van der Waals surface area contributed by atoms with Crippen molar-refractivity contribution in [3.8, 4) is 0 Å². The molecule has 1 heterocycles. The molecule has 1 fully saturated rings. The molecule has 0 aromatic carbocycles. The first-order chi connectivity index (χ1) is 7.93. The molecule has 1 unspecified atom stereocenters. The third-order valence-electron chi connectivity index (χ3n) is 2.76. The highest BCUT2D eigenvalue weighted by Crippen LogP contribution is 2.09. The van der Waals surface area contributed by atoms with Gasteiger partial charge in [0.2, 0.25) is 0 Å². The highest BCUT2D eigenvalue weighted by molar-refractivity contribution is 4.67. The van der Waals surface area contributed by atoms with Crippen molar-refractivity contribution in [3.63, 3.8) is 0 Å². The third kappa shape index (κ3) is 7.17. The largest absolute Gasteiger partial charge is 0.385 e. The van der Waals surface area contributed by atoms with Crippen molar-refractivity contribution in [2.45, 2.75) is 19.3 Å². The predicted molar refractivity (Wildman–Crippen MR) is 63.7 cm³/mol. The van der Waals surface area contributed by atoms with Crippen LogP contribution in [-0.4, -0.2) is 53.2 Å². The van der Waals surface area contributed by atoms with Gasteiger partial charge >= 0.3 is 0 Å². The highest BCUT2D eigenvalue weighted by atomic mass is 16.5. The number of ether oxygens (including phenoxy) is 3. The molecule has 1 aliphatic rings. The summed E-state index contributed by atoms with van der Waals surface area (Å²) >= 11 is 0. The smallest absolute Gasteiger partial charge is 0.0700 e. The van der Waals surface area contributed by atoms with Gasteiger partial charge in [-0.15, -0.1) is 0 Å². The van der Waals surface area contributed by atoms with Gasteiger partial charge in [-0.2, -0.15) is 0 Å². The molecular weight excluding hydrogens is 206 g/mol. The van der Waals surface area contributed by atoms with Crippen LogP contribution in [0.4, 0.5) is 0 Å². The molecule has 1 rings (SSSR count). The van der Waals surface area contributed by atoms with Crippen molar-refractivity contribution in [2.24, 2.45) is 5.92 Å². The molecule has 0 bridgehead atoms. The average molecular weight is 231 g/mol. The van der Waals surface area contributed by atoms with E-state index in [0.717, 1.165) is 32.8 Å². The number of methoxy groups -OCH3 is 1. The maximum Gasteiger partial charge on any atom is 0.0700 e. The fraction of sp³-hybridized carbons (Fsp3) is 1.00. The zero-order valence-corrected chi connectivity index (χ0v) is 10.4. The number of hydrogen-bond acceptors (Lipinski definition) is 4. The Labute approximate surface area is 98.6 Å². The monoisotopic (exact) mass is 231 g/mol. The van der Waals surface area contributed by atoms with Crippen molar-refractivity contribution in [1.29, 1.82) is 0 Å². The minimum absolute atomic E-state index is 0.697. The lowest BCUT2D eigenvalue weighted by molar-refractivity contribution is 0.0246. The van der Waals surface area contributed by atoms with Gasteiger partial charge < -0.3 is 19.5 Å². The Morgan fingerprint density at radius 3 is 2.75 bits per heavy atom. The molecule has 1 N–H and O–H groups in total. The molecule has 4 heteroatoms. The van der Waals surface area contributed by atoms with Crippen LogP contribution in [0.5, 0.6) is 0 Å². The maximum absolute atomic E-state index is 5.58. The Balaban J connectivity index is 1.77. The van der Waals surface area contributed by atoms with Gasteiger partial charge in [-0.3, -0.25) is 0 Å². The van der Waals surface area contributed by atoms with Crippen LogP contribution in [-0.2, 0) is 14.2 Å². The van der Waals surface area contributed by atoms with Gasteiger partial charge in [0.15, 0.2) is 0 Å². The first-order valence-electron chi connectivity index (χ1n) is 6.28. The molecule has 96 valence electrons. The SMILES string of the molecule is COCCCOCCOCC1CCCNC1. The summed E-state index contributed by atoms with van der Waals surface area (Å²) in [5, 5.41) is 3.38. The standard InChI is InChI=1S/C12H25NO3/c1-14-6-3-7-15-8-9-16-11-12-4-2-5-13-10-12/h12-13H,2-11H2,1H3. The summed E-state index contributed by atoms with van der Waals surface area (Å²) in [6, 6.07) is 0. The van der Waals surface area contributed by atoms with Crippen molar-refractivity contribution in [3.05, 3.63) is 0 Å². The minimum atomic E-state index is 0.697. The second-order valence-electron chi connectivity index (χ2n) is 4.25. The lowest BCUT2D eigenvalue weighted by atomic mass is 10.0. The predicted octanol–water partition coefficient (Wildman–Crippen LogP) is 1.06. The van der Waals surface area contributed by atoms with E-state index in [1.54, 1.807) is 7.11 Å². The topological polar surface area (TPSA) is 39.7 Å². The first-order valence-corrected chi connectivity index (χ1v) is 6.28. The van der Waals surface area contributed by atoms with Crippen LogP contribution in [0.25, 0.3) is 0 Å². The Morgan fingerprint density at radius 2 is 2.00 bits per heavy atom. The summed E-state index contributed by atoms with van der Waals surface area (Å²) in [4.78, 5) is 0. The Hall–Kier alpha value is -0.160. The van der Waals surface area contributed by atoms with Crippen molar-refractivity contribution >= 4 is 0 Å². The summed E-state index contributed by atoms with van der Waals surface area (Å²) in [6.07, 6.45) is 3.53. The van der Waals surface area contributed by atoms with Crippen molar-refractivity contribution in [1.82, 2.24) is 5.32 Å². The number of rotatable bonds is 9. The van der Waals surface area contributed by atoms with Gasteiger partial charge in [-0.05, 0) is 31.7 Å². The van der Waals surface area contributed by atoms with Gasteiger partial charge in [-0.25, -0.2) is 0 Å². The van der Waals surface area contributed by atoms with Gasteiger partial charge in [0, 0.05) is 26.9 Å². The van der Waals surface area contributed by atoms with Crippen LogP contribution in [0.3, 0.4) is 0 Å². The zero-order valence-electron chi connectivity index (χ0n) is 10.4. The van der Waals surface area contributed by atoms with E-state index in [2.05, 4.69) is 5.32 Å². The van der Waals surface area contributed by atoms with Crippen LogP contribution in [0, 0.1) is 5.92 Å². The molecular formula is C12H25NO3. The van der Waals surface area contributed by atoms with E-state index in [9.17, 15) is 0 Å². The fourth-order valence-corrected chi connectivity index (χ4v) is 1.84. The molecule has 4 nitrogen and oxygen atoms in total. The van der Waals surface area contributed by atoms with E-state index in [4.69, 9.17) is 14.2 Å². The summed E-state index contributed by atoms with van der Waals surface area (Å²) in [7, 11) is 1.71. The van der Waals surface area contributed by atoms with Crippen LogP contribution in [0.2, 0.25) is 0 Å². The molecule has 0 saturated carbocycles. The third-order valence-corrected chi connectivity index (χ3v) is 2.76. The lowest BCUT2D eigenvalue weighted by Gasteiger charge is -2.22. The van der Waals surface area contributed by atoms with Gasteiger partial charge in [0.1, 0.15) is 0 Å². The number of piperidine rings is 1. The molecule has 0 amide bonds. The molecule has 0 aliphatic carbocycles. The average Bonchev–Trinajstić information content (AvgIpc) is 2.34. The van der Waals surface area contributed by atoms with E-state index >= 15 is 0 Å². The van der Waals surface area contributed by atoms with E-state index in [1.165, 1.54) is 19.4 Å². The van der Waals surface area contributed by atoms with E-state index in [1.807, 2.05) is 0 Å². The molecule has 0 spiro atoms. The number of nitrogens with one attached hydrogen (secondary N) is 1. The van der Waals surface area contributed by atoms with Gasteiger partial charge in [-0.1, -0.05) is 0 Å². The molecule has 1 saturated heterocycles. The fourth-order valence-electron chi connectivity index (χ4n) is 1.84. The van der Waals surface area contributed by atoms with Gasteiger partial charge in [0.25, 0.3) is 0 Å². The number of hydrogen-bond donors (Lipinski definition) is 1. The molecule has 1 atom stereocenters. The second-order valence-corrected chi connectivity index (χ2v) is 4.25. The molecule has 0 aromatic rings. The summed E-state index contributed by atoms with van der Waals surface area (Å²) < 4.78 is 15.9. The summed E-state index contributed by atoms with van der Waals surface area (Å²) in [5.41, 5.74) is 0. The summed E-state index contributed by atoms with van der Waals surface area (Å²) in [6.45, 7) is 6.09. The maximum atomic E-state index is 5.58. The Kier molecular flexibility index (Phi) is 8.71. The van der Waals surface area contributed by atoms with Crippen LogP contribution >= 0.6 is 0 Å². The molecule has 0 radical (unpaired) electrons. The van der Waals surface area contributed by atoms with Crippen molar-refractivity contribution in [2.75, 3.05) is 53.2 Å². The molecule has 16 heavy (non-hydrogen) atoms. The van der Waals surface area contributed by atoms with Crippen LogP contribution in [0.15, 0.2) is 0 Å². The Bertz CT molecular complexity index is 149. The summed E-state index contributed by atoms with van der Waals surface area (Å²) in [5.74, 6) is 0.697. The van der Waals surface area contributed by atoms with E-state index in [-0.39, 0.29) is 0 Å².